The summed E-state index contributed by atoms with van der Waals surface area (Å²) < 4.78 is 5.01. The van der Waals surface area contributed by atoms with Crippen molar-refractivity contribution in [1.82, 2.24) is 5.32 Å². The Morgan fingerprint density at radius 2 is 1.65 bits per heavy atom. The van der Waals surface area contributed by atoms with Crippen LogP contribution in [0.15, 0.2) is 54.6 Å². The quantitative estimate of drug-likeness (QED) is 0.752. The van der Waals surface area contributed by atoms with Gasteiger partial charge in [-0.15, -0.1) is 0 Å². The molecule has 0 saturated heterocycles. The summed E-state index contributed by atoms with van der Waals surface area (Å²) in [5.74, 6) is -1.30. The van der Waals surface area contributed by atoms with Gasteiger partial charge in [0.25, 0.3) is 5.91 Å². The first kappa shape index (κ1) is 16.5. The van der Waals surface area contributed by atoms with Crippen molar-refractivity contribution in [2.75, 3.05) is 7.11 Å². The fourth-order valence-corrected chi connectivity index (χ4v) is 2.08. The molecule has 0 aliphatic heterocycles. The van der Waals surface area contributed by atoms with Crippen LogP contribution in [0.2, 0.25) is 0 Å². The van der Waals surface area contributed by atoms with Crippen LogP contribution < -0.4 is 10.1 Å². The van der Waals surface area contributed by atoms with E-state index in [0.29, 0.717) is 16.9 Å². The molecule has 0 heterocycles. The number of carboxylic acids is 1. The van der Waals surface area contributed by atoms with E-state index < -0.39 is 24.0 Å². The van der Waals surface area contributed by atoms with Gasteiger partial charge in [0.2, 0.25) is 0 Å². The van der Waals surface area contributed by atoms with E-state index in [0.717, 1.165) is 0 Å². The molecule has 2 aromatic rings. The molecule has 2 atom stereocenters. The summed E-state index contributed by atoms with van der Waals surface area (Å²) in [6, 6.07) is 13.1. The zero-order chi connectivity index (χ0) is 16.8. The second kappa shape index (κ2) is 7.42. The minimum Gasteiger partial charge on any atom is -0.497 e. The molecule has 0 spiro atoms. The Bertz CT molecular complexity index is 669. The van der Waals surface area contributed by atoms with Crippen LogP contribution in [0.1, 0.15) is 22.0 Å². The zero-order valence-corrected chi connectivity index (χ0v) is 12.5. The van der Waals surface area contributed by atoms with E-state index in [1.165, 1.54) is 7.11 Å². The van der Waals surface area contributed by atoms with Crippen molar-refractivity contribution in [3.63, 3.8) is 0 Å². The number of amides is 1. The zero-order valence-electron chi connectivity index (χ0n) is 12.5. The molecule has 0 aliphatic rings. The molecule has 0 aliphatic carbocycles. The molecule has 23 heavy (non-hydrogen) atoms. The lowest BCUT2D eigenvalue weighted by molar-refractivity contribution is -0.142. The Morgan fingerprint density at radius 1 is 1.04 bits per heavy atom. The number of carboxylic acid groups (broad SMARTS) is 1. The van der Waals surface area contributed by atoms with Crippen molar-refractivity contribution in [1.29, 1.82) is 0 Å². The highest BCUT2D eigenvalue weighted by molar-refractivity contribution is 5.96. The number of methoxy groups -OCH3 is 1. The Labute approximate surface area is 133 Å². The third-order valence-corrected chi connectivity index (χ3v) is 3.36. The number of aliphatic hydroxyl groups is 1. The lowest BCUT2D eigenvalue weighted by Crippen LogP contribution is -2.45. The Kier molecular flexibility index (Phi) is 5.32. The minimum absolute atomic E-state index is 0.320. The number of nitrogens with one attached hydrogen (secondary N) is 1. The number of aliphatic carboxylic acids is 1. The molecule has 0 aromatic heterocycles. The third kappa shape index (κ3) is 4.08. The van der Waals surface area contributed by atoms with E-state index >= 15 is 0 Å². The average Bonchev–Trinajstić information content (AvgIpc) is 2.59. The molecule has 0 saturated carbocycles. The Balaban J connectivity index is 2.17. The standard InChI is InChI=1S/C17H17NO5/c1-23-13-9-7-11(8-10-13)15(19)14(17(21)22)18-16(20)12-5-3-2-4-6-12/h2-10,14-15,19H,1H3,(H,18,20)(H,21,22). The van der Waals surface area contributed by atoms with E-state index in [1.54, 1.807) is 54.6 Å². The van der Waals surface area contributed by atoms with Crippen molar-refractivity contribution >= 4 is 11.9 Å². The van der Waals surface area contributed by atoms with Gasteiger partial charge >= 0.3 is 5.97 Å². The summed E-state index contributed by atoms with van der Waals surface area (Å²) in [4.78, 5) is 23.5. The Morgan fingerprint density at radius 3 is 2.17 bits per heavy atom. The number of rotatable bonds is 6. The van der Waals surface area contributed by atoms with Crippen LogP contribution >= 0.6 is 0 Å². The van der Waals surface area contributed by atoms with Crippen molar-refractivity contribution < 1.29 is 24.5 Å². The predicted molar refractivity (Wildman–Crippen MR) is 83.3 cm³/mol. The van der Waals surface area contributed by atoms with Gasteiger partial charge in [-0.3, -0.25) is 4.79 Å². The van der Waals surface area contributed by atoms with Gasteiger partial charge in [0.15, 0.2) is 6.04 Å². The van der Waals surface area contributed by atoms with Gasteiger partial charge in [-0.05, 0) is 29.8 Å². The molecule has 0 fully saturated rings. The van der Waals surface area contributed by atoms with Crippen molar-refractivity contribution in [3.8, 4) is 5.75 Å². The van der Waals surface area contributed by atoms with Crippen LogP contribution in [0.5, 0.6) is 5.75 Å². The SMILES string of the molecule is COc1ccc(C(O)C(NC(=O)c2ccccc2)C(=O)O)cc1. The highest BCUT2D eigenvalue weighted by atomic mass is 16.5. The van der Waals surface area contributed by atoms with E-state index in [2.05, 4.69) is 5.32 Å². The van der Waals surface area contributed by atoms with E-state index in [4.69, 9.17) is 4.74 Å². The van der Waals surface area contributed by atoms with Crippen LogP contribution in [0.25, 0.3) is 0 Å². The van der Waals surface area contributed by atoms with Crippen molar-refractivity contribution in [2.24, 2.45) is 0 Å². The third-order valence-electron chi connectivity index (χ3n) is 3.36. The summed E-state index contributed by atoms with van der Waals surface area (Å²) in [5, 5.41) is 21.9. The molecule has 1 amide bonds. The first-order valence-corrected chi connectivity index (χ1v) is 6.93. The normalized spacial score (nSPS) is 13.0. The minimum atomic E-state index is -1.46. The van der Waals surface area contributed by atoms with Gasteiger partial charge in [-0.25, -0.2) is 4.79 Å². The number of benzene rings is 2. The number of ether oxygens (including phenoxy) is 1. The van der Waals surface area contributed by atoms with Crippen LogP contribution in [-0.2, 0) is 4.79 Å². The van der Waals surface area contributed by atoms with E-state index in [9.17, 15) is 19.8 Å². The lowest BCUT2D eigenvalue weighted by Gasteiger charge is -2.21. The molecule has 2 aromatic carbocycles. The van der Waals surface area contributed by atoms with Crippen LogP contribution in [-0.4, -0.2) is 35.2 Å². The molecular weight excluding hydrogens is 298 g/mol. The molecule has 0 bridgehead atoms. The fourth-order valence-electron chi connectivity index (χ4n) is 2.08. The van der Waals surface area contributed by atoms with Crippen LogP contribution in [0, 0.1) is 0 Å². The monoisotopic (exact) mass is 315 g/mol. The predicted octanol–water partition coefficient (Wildman–Crippen LogP) is 1.61. The van der Waals surface area contributed by atoms with Gasteiger partial charge in [0.1, 0.15) is 11.9 Å². The molecule has 2 unspecified atom stereocenters. The summed E-state index contributed by atoms with van der Waals surface area (Å²) in [6.07, 6.45) is -1.38. The molecule has 6 heteroatoms. The second-order valence-corrected chi connectivity index (χ2v) is 4.87. The van der Waals surface area contributed by atoms with E-state index in [-0.39, 0.29) is 0 Å². The number of hydrogen-bond acceptors (Lipinski definition) is 4. The summed E-state index contributed by atoms with van der Waals surface area (Å²) in [7, 11) is 1.51. The summed E-state index contributed by atoms with van der Waals surface area (Å²) in [6.45, 7) is 0. The van der Waals surface area contributed by atoms with Crippen LogP contribution in [0.3, 0.4) is 0 Å². The van der Waals surface area contributed by atoms with Crippen LogP contribution in [0.4, 0.5) is 0 Å². The fraction of sp³-hybridized carbons (Fsp3) is 0.176. The number of hydrogen-bond donors (Lipinski definition) is 3. The van der Waals surface area contributed by atoms with Gasteiger partial charge in [-0.1, -0.05) is 30.3 Å². The number of aliphatic hydroxyl groups excluding tert-OH is 1. The first-order chi connectivity index (χ1) is 11.0. The van der Waals surface area contributed by atoms with Gasteiger partial charge in [-0.2, -0.15) is 0 Å². The lowest BCUT2D eigenvalue weighted by atomic mass is 10.0. The van der Waals surface area contributed by atoms with Crippen molar-refractivity contribution in [2.45, 2.75) is 12.1 Å². The van der Waals surface area contributed by atoms with Gasteiger partial charge < -0.3 is 20.3 Å². The largest absolute Gasteiger partial charge is 0.497 e. The maximum absolute atomic E-state index is 12.1. The highest BCUT2D eigenvalue weighted by Crippen LogP contribution is 2.21. The van der Waals surface area contributed by atoms with Crippen molar-refractivity contribution in [3.05, 3.63) is 65.7 Å². The second-order valence-electron chi connectivity index (χ2n) is 4.87. The van der Waals surface area contributed by atoms with E-state index in [1.807, 2.05) is 0 Å². The molecule has 6 nitrogen and oxygen atoms in total. The molecule has 3 N–H and O–H groups in total. The smallest absolute Gasteiger partial charge is 0.329 e. The van der Waals surface area contributed by atoms with Gasteiger partial charge in [0, 0.05) is 5.56 Å². The molecule has 2 rings (SSSR count). The summed E-state index contributed by atoms with van der Waals surface area (Å²) >= 11 is 0. The molecule has 120 valence electrons. The average molecular weight is 315 g/mol. The Hall–Kier alpha value is -2.86. The molecule has 0 radical (unpaired) electrons. The topological polar surface area (TPSA) is 95.9 Å². The first-order valence-electron chi connectivity index (χ1n) is 6.93. The maximum Gasteiger partial charge on any atom is 0.329 e. The highest BCUT2D eigenvalue weighted by Gasteiger charge is 2.29. The number of carbonyl (C=O) groups excluding carboxylic acids is 1. The van der Waals surface area contributed by atoms with Gasteiger partial charge in [0.05, 0.1) is 7.11 Å². The summed E-state index contributed by atoms with van der Waals surface area (Å²) in [5.41, 5.74) is 0.687. The maximum atomic E-state index is 12.1. The number of carbonyl (C=O) groups is 2. The molecular formula is C17H17NO5.